The summed E-state index contributed by atoms with van der Waals surface area (Å²) in [6.45, 7) is 1.57. The Morgan fingerprint density at radius 2 is 2.13 bits per heavy atom. The van der Waals surface area contributed by atoms with E-state index >= 15 is 0 Å². The fraction of sp³-hybridized carbons (Fsp3) is 0.0909. The first-order chi connectivity index (χ1) is 15.0. The standard InChI is InChI=1S/C22H16ClN3O5/c1-13-2-4-19-17(8-13)22(28)14(11-29-19)10-24-26-21(27)12-30-18-5-3-15(23)9-16(18)20-6-7-25-31-20/h2-11H,12H2,1H3,(H,26,27)/b24-10+. The number of aromatic nitrogens is 1. The molecule has 1 amide bonds. The zero-order valence-corrected chi connectivity index (χ0v) is 17.1. The second-order valence-corrected chi connectivity index (χ2v) is 7.06. The van der Waals surface area contributed by atoms with Crippen LogP contribution in [0.3, 0.4) is 0 Å². The number of amides is 1. The van der Waals surface area contributed by atoms with Crippen LogP contribution < -0.4 is 15.6 Å². The van der Waals surface area contributed by atoms with E-state index in [0.29, 0.717) is 33.1 Å². The Hall–Kier alpha value is -3.91. The quantitative estimate of drug-likeness (QED) is 0.361. The van der Waals surface area contributed by atoms with Gasteiger partial charge in [0.15, 0.2) is 12.4 Å². The number of hydrogen-bond donors (Lipinski definition) is 1. The smallest absolute Gasteiger partial charge is 0.277 e. The maximum absolute atomic E-state index is 12.5. The molecule has 0 aliphatic rings. The highest BCUT2D eigenvalue weighted by Gasteiger charge is 2.12. The van der Waals surface area contributed by atoms with Crippen molar-refractivity contribution in [2.45, 2.75) is 6.92 Å². The van der Waals surface area contributed by atoms with E-state index in [4.69, 9.17) is 25.3 Å². The second kappa shape index (κ2) is 8.85. The molecule has 2 aromatic carbocycles. The number of fused-ring (bicyclic) bond motifs is 1. The summed E-state index contributed by atoms with van der Waals surface area (Å²) in [5, 5.41) is 8.40. The van der Waals surface area contributed by atoms with Crippen LogP contribution in [0.1, 0.15) is 11.1 Å². The van der Waals surface area contributed by atoms with Gasteiger partial charge in [-0.05, 0) is 37.3 Å². The van der Waals surface area contributed by atoms with Crippen LogP contribution in [-0.2, 0) is 4.79 Å². The molecule has 4 aromatic rings. The lowest BCUT2D eigenvalue weighted by Crippen LogP contribution is -2.25. The van der Waals surface area contributed by atoms with Gasteiger partial charge in [0.2, 0.25) is 5.43 Å². The van der Waals surface area contributed by atoms with Crippen LogP contribution >= 0.6 is 11.6 Å². The normalized spacial score (nSPS) is 11.2. The van der Waals surface area contributed by atoms with Gasteiger partial charge in [-0.1, -0.05) is 28.4 Å². The van der Waals surface area contributed by atoms with Crippen molar-refractivity contribution in [3.8, 4) is 17.1 Å². The minimum atomic E-state index is -0.518. The molecule has 0 aliphatic carbocycles. The minimum absolute atomic E-state index is 0.213. The Labute approximate surface area is 181 Å². The maximum Gasteiger partial charge on any atom is 0.277 e. The van der Waals surface area contributed by atoms with Crippen molar-refractivity contribution in [3.63, 3.8) is 0 Å². The maximum atomic E-state index is 12.5. The summed E-state index contributed by atoms with van der Waals surface area (Å²) in [4.78, 5) is 24.6. The van der Waals surface area contributed by atoms with E-state index in [2.05, 4.69) is 15.7 Å². The number of hydrazone groups is 1. The number of benzene rings is 2. The van der Waals surface area contributed by atoms with E-state index in [9.17, 15) is 9.59 Å². The molecule has 4 rings (SSSR count). The van der Waals surface area contributed by atoms with Gasteiger partial charge >= 0.3 is 0 Å². The number of carbonyl (C=O) groups excluding carboxylic acids is 1. The van der Waals surface area contributed by atoms with Gasteiger partial charge < -0.3 is 13.7 Å². The number of nitrogens with zero attached hydrogens (tertiary/aromatic N) is 2. The molecule has 0 radical (unpaired) electrons. The van der Waals surface area contributed by atoms with E-state index in [1.165, 1.54) is 18.7 Å². The van der Waals surface area contributed by atoms with Crippen LogP contribution in [-0.4, -0.2) is 23.9 Å². The third kappa shape index (κ3) is 4.65. The zero-order valence-electron chi connectivity index (χ0n) is 16.3. The van der Waals surface area contributed by atoms with Crippen LogP contribution in [0.25, 0.3) is 22.3 Å². The molecule has 0 saturated heterocycles. The van der Waals surface area contributed by atoms with Crippen molar-refractivity contribution in [1.82, 2.24) is 10.6 Å². The van der Waals surface area contributed by atoms with Crippen LogP contribution in [0.4, 0.5) is 0 Å². The highest BCUT2D eigenvalue weighted by molar-refractivity contribution is 6.30. The first kappa shape index (κ1) is 20.4. The van der Waals surface area contributed by atoms with Crippen LogP contribution in [0, 0.1) is 6.92 Å². The lowest BCUT2D eigenvalue weighted by molar-refractivity contribution is -0.123. The molecule has 0 atom stereocenters. The number of halogens is 1. The lowest BCUT2D eigenvalue weighted by atomic mass is 10.1. The number of rotatable bonds is 6. The Kier molecular flexibility index (Phi) is 5.81. The highest BCUT2D eigenvalue weighted by Crippen LogP contribution is 2.32. The van der Waals surface area contributed by atoms with Crippen molar-refractivity contribution in [2.24, 2.45) is 5.10 Å². The van der Waals surface area contributed by atoms with Gasteiger partial charge in [-0.2, -0.15) is 5.10 Å². The molecule has 2 aromatic heterocycles. The van der Waals surface area contributed by atoms with E-state index in [1.807, 2.05) is 13.0 Å². The molecule has 0 bridgehead atoms. The predicted molar refractivity (Wildman–Crippen MR) is 115 cm³/mol. The van der Waals surface area contributed by atoms with Gasteiger partial charge in [-0.25, -0.2) is 5.43 Å². The van der Waals surface area contributed by atoms with Gasteiger partial charge in [-0.15, -0.1) is 0 Å². The fourth-order valence-electron chi connectivity index (χ4n) is 2.87. The van der Waals surface area contributed by atoms with E-state index < -0.39 is 5.91 Å². The van der Waals surface area contributed by atoms with E-state index in [0.717, 1.165) is 5.56 Å². The van der Waals surface area contributed by atoms with Gasteiger partial charge in [0.05, 0.1) is 28.9 Å². The summed E-state index contributed by atoms with van der Waals surface area (Å²) in [6.07, 6.45) is 4.02. The molecular formula is C22H16ClN3O5. The first-order valence-electron chi connectivity index (χ1n) is 9.19. The molecule has 0 unspecified atom stereocenters. The summed E-state index contributed by atoms with van der Waals surface area (Å²) in [5.41, 5.74) is 4.27. The predicted octanol–water partition coefficient (Wildman–Crippen LogP) is 3.94. The third-order valence-electron chi connectivity index (χ3n) is 4.35. The molecule has 31 heavy (non-hydrogen) atoms. The monoisotopic (exact) mass is 437 g/mol. The topological polar surface area (TPSA) is 107 Å². The summed E-state index contributed by atoms with van der Waals surface area (Å²) in [5.74, 6) is 0.329. The van der Waals surface area contributed by atoms with Crippen molar-refractivity contribution >= 4 is 34.7 Å². The Morgan fingerprint density at radius 1 is 1.26 bits per heavy atom. The Bertz CT molecular complexity index is 1330. The molecular weight excluding hydrogens is 422 g/mol. The van der Waals surface area contributed by atoms with Crippen LogP contribution in [0.15, 0.2) is 73.8 Å². The van der Waals surface area contributed by atoms with E-state index in [1.54, 1.807) is 36.4 Å². The number of hydrogen-bond acceptors (Lipinski definition) is 7. The van der Waals surface area contributed by atoms with Gasteiger partial charge in [0, 0.05) is 11.1 Å². The third-order valence-corrected chi connectivity index (χ3v) is 4.59. The second-order valence-electron chi connectivity index (χ2n) is 6.62. The molecule has 0 spiro atoms. The van der Waals surface area contributed by atoms with Crippen molar-refractivity contribution in [3.05, 3.63) is 81.3 Å². The fourth-order valence-corrected chi connectivity index (χ4v) is 3.05. The largest absolute Gasteiger partial charge is 0.483 e. The molecule has 156 valence electrons. The number of aryl methyl sites for hydroxylation is 1. The molecule has 2 heterocycles. The summed E-state index contributed by atoms with van der Waals surface area (Å²) >= 11 is 6.03. The zero-order chi connectivity index (χ0) is 21.8. The average molecular weight is 438 g/mol. The SMILES string of the molecule is Cc1ccc2occ(/C=N/NC(=O)COc3ccc(Cl)cc3-c3ccno3)c(=O)c2c1. The molecule has 8 nitrogen and oxygen atoms in total. The Balaban J connectivity index is 1.42. The minimum Gasteiger partial charge on any atom is -0.483 e. The van der Waals surface area contributed by atoms with Crippen molar-refractivity contribution < 1.29 is 18.5 Å². The van der Waals surface area contributed by atoms with E-state index in [-0.39, 0.29) is 17.6 Å². The number of nitrogens with one attached hydrogen (secondary N) is 1. The number of carbonyl (C=O) groups is 1. The average Bonchev–Trinajstić information content (AvgIpc) is 3.29. The lowest BCUT2D eigenvalue weighted by Gasteiger charge is -2.09. The van der Waals surface area contributed by atoms with Crippen molar-refractivity contribution in [2.75, 3.05) is 6.61 Å². The first-order valence-corrected chi connectivity index (χ1v) is 9.56. The number of ether oxygens (including phenoxy) is 1. The van der Waals surface area contributed by atoms with Crippen molar-refractivity contribution in [1.29, 1.82) is 0 Å². The highest BCUT2D eigenvalue weighted by atomic mass is 35.5. The van der Waals surface area contributed by atoms with Gasteiger partial charge in [0.1, 0.15) is 17.6 Å². The van der Waals surface area contributed by atoms with Gasteiger partial charge in [-0.3, -0.25) is 9.59 Å². The summed E-state index contributed by atoms with van der Waals surface area (Å²) in [7, 11) is 0. The van der Waals surface area contributed by atoms with Crippen LogP contribution in [0.5, 0.6) is 5.75 Å². The summed E-state index contributed by atoms with van der Waals surface area (Å²) in [6, 6.07) is 11.9. The van der Waals surface area contributed by atoms with Gasteiger partial charge in [0.25, 0.3) is 5.91 Å². The molecule has 0 aliphatic heterocycles. The molecule has 0 fully saturated rings. The molecule has 9 heteroatoms. The Morgan fingerprint density at radius 3 is 2.94 bits per heavy atom. The van der Waals surface area contributed by atoms with Crippen LogP contribution in [0.2, 0.25) is 5.02 Å². The molecule has 1 N–H and O–H groups in total. The molecule has 0 saturated carbocycles. The summed E-state index contributed by atoms with van der Waals surface area (Å²) < 4.78 is 16.1.